The molecule has 6 heteroatoms. The van der Waals surface area contributed by atoms with Gasteiger partial charge in [-0.2, -0.15) is 0 Å². The van der Waals surface area contributed by atoms with Gasteiger partial charge in [-0.3, -0.25) is 4.79 Å². The largest absolute Gasteiger partial charge is 0.466 e. The Hall–Kier alpha value is -0.980. The maximum atomic E-state index is 11.2. The average molecular weight is 272 g/mol. The van der Waals surface area contributed by atoms with Crippen LogP contribution in [0.3, 0.4) is 0 Å². The smallest absolute Gasteiger partial charge is 0.308 e. The molecule has 0 fully saturated rings. The Morgan fingerprint density at radius 2 is 2.39 bits per heavy atom. The van der Waals surface area contributed by atoms with Gasteiger partial charge in [-0.25, -0.2) is 4.98 Å². The summed E-state index contributed by atoms with van der Waals surface area (Å²) >= 11 is 1.58. The maximum absolute atomic E-state index is 11.2. The fourth-order valence-electron chi connectivity index (χ4n) is 1.58. The highest BCUT2D eigenvalue weighted by molar-refractivity contribution is 7.09. The third kappa shape index (κ3) is 5.12. The minimum atomic E-state index is -0.724. The van der Waals surface area contributed by atoms with Crippen molar-refractivity contribution in [2.45, 2.75) is 38.8 Å². The van der Waals surface area contributed by atoms with E-state index in [2.05, 4.69) is 17.2 Å². The molecule has 1 rings (SSSR count). The average Bonchev–Trinajstić information content (AvgIpc) is 2.83. The van der Waals surface area contributed by atoms with Crippen molar-refractivity contribution in [2.75, 3.05) is 13.2 Å². The second kappa shape index (κ2) is 8.18. The van der Waals surface area contributed by atoms with Gasteiger partial charge in [-0.05, 0) is 13.3 Å². The first-order valence-electron chi connectivity index (χ1n) is 6.13. The normalized spacial score (nSPS) is 14.2. The van der Waals surface area contributed by atoms with Gasteiger partial charge in [-0.15, -0.1) is 11.3 Å². The van der Waals surface area contributed by atoms with Crippen LogP contribution in [-0.2, 0) is 9.53 Å². The van der Waals surface area contributed by atoms with Crippen LogP contribution in [0.25, 0.3) is 0 Å². The molecule has 1 aromatic heterocycles. The summed E-state index contributed by atoms with van der Waals surface area (Å²) in [5, 5.41) is 15.8. The lowest BCUT2D eigenvalue weighted by Crippen LogP contribution is -2.32. The maximum Gasteiger partial charge on any atom is 0.308 e. The standard InChI is InChI=1S/C12H20N2O3S/c1-3-10(12-13-5-6-18-12)14-8-9(15)7-11(16)17-4-2/h5-6,9-10,14-15H,3-4,7-8H2,1-2H3. The van der Waals surface area contributed by atoms with Gasteiger partial charge in [0.1, 0.15) is 5.01 Å². The molecule has 0 bridgehead atoms. The number of aliphatic hydroxyl groups excluding tert-OH is 1. The van der Waals surface area contributed by atoms with Crippen molar-refractivity contribution in [3.05, 3.63) is 16.6 Å². The number of carbonyl (C=O) groups is 1. The minimum absolute atomic E-state index is 0.0230. The molecule has 1 heterocycles. The number of nitrogens with one attached hydrogen (secondary N) is 1. The predicted octanol–water partition coefficient (Wildman–Crippen LogP) is 1.50. The van der Waals surface area contributed by atoms with E-state index in [4.69, 9.17) is 4.74 Å². The summed E-state index contributed by atoms with van der Waals surface area (Å²) in [5.74, 6) is -0.367. The van der Waals surface area contributed by atoms with Crippen LogP contribution in [0.4, 0.5) is 0 Å². The summed E-state index contributed by atoms with van der Waals surface area (Å²) in [6.07, 6.45) is 1.95. The second-order valence-electron chi connectivity index (χ2n) is 3.90. The molecule has 0 aliphatic carbocycles. The molecular formula is C12H20N2O3S. The molecule has 1 aromatic rings. The highest BCUT2D eigenvalue weighted by Crippen LogP contribution is 2.18. The van der Waals surface area contributed by atoms with Crippen LogP contribution in [0.5, 0.6) is 0 Å². The van der Waals surface area contributed by atoms with Crippen LogP contribution in [0.15, 0.2) is 11.6 Å². The molecule has 102 valence electrons. The van der Waals surface area contributed by atoms with Crippen molar-refractivity contribution in [3.63, 3.8) is 0 Å². The Morgan fingerprint density at radius 1 is 1.61 bits per heavy atom. The number of rotatable bonds is 8. The minimum Gasteiger partial charge on any atom is -0.466 e. The Morgan fingerprint density at radius 3 is 2.94 bits per heavy atom. The zero-order chi connectivity index (χ0) is 13.4. The number of hydrogen-bond donors (Lipinski definition) is 2. The molecule has 0 aliphatic rings. The fraction of sp³-hybridized carbons (Fsp3) is 0.667. The fourth-order valence-corrected chi connectivity index (χ4v) is 2.37. The number of ether oxygens (including phenoxy) is 1. The van der Waals surface area contributed by atoms with E-state index < -0.39 is 6.10 Å². The Balaban J connectivity index is 2.32. The number of hydrogen-bond acceptors (Lipinski definition) is 6. The van der Waals surface area contributed by atoms with Crippen molar-refractivity contribution < 1.29 is 14.6 Å². The molecule has 0 aliphatic heterocycles. The molecule has 2 atom stereocenters. The summed E-state index contributed by atoms with van der Waals surface area (Å²) in [4.78, 5) is 15.4. The highest BCUT2D eigenvalue weighted by Gasteiger charge is 2.16. The first kappa shape index (κ1) is 15.1. The summed E-state index contributed by atoms with van der Waals surface area (Å²) < 4.78 is 4.78. The number of esters is 1. The van der Waals surface area contributed by atoms with E-state index >= 15 is 0 Å². The molecule has 0 aromatic carbocycles. The van der Waals surface area contributed by atoms with E-state index in [1.807, 2.05) is 5.38 Å². The van der Waals surface area contributed by atoms with Crippen LogP contribution < -0.4 is 5.32 Å². The number of aliphatic hydroxyl groups is 1. The summed E-state index contributed by atoms with van der Waals surface area (Å²) in [5.41, 5.74) is 0. The summed E-state index contributed by atoms with van der Waals surface area (Å²) in [6.45, 7) is 4.50. The first-order valence-corrected chi connectivity index (χ1v) is 7.01. The third-order valence-electron chi connectivity index (χ3n) is 2.47. The predicted molar refractivity (Wildman–Crippen MR) is 70.4 cm³/mol. The van der Waals surface area contributed by atoms with E-state index in [0.717, 1.165) is 11.4 Å². The monoisotopic (exact) mass is 272 g/mol. The van der Waals surface area contributed by atoms with Crippen molar-refractivity contribution >= 4 is 17.3 Å². The van der Waals surface area contributed by atoms with E-state index in [9.17, 15) is 9.90 Å². The van der Waals surface area contributed by atoms with E-state index in [-0.39, 0.29) is 18.4 Å². The summed E-state index contributed by atoms with van der Waals surface area (Å²) in [6, 6.07) is 0.127. The molecule has 2 unspecified atom stereocenters. The van der Waals surface area contributed by atoms with E-state index in [1.165, 1.54) is 0 Å². The summed E-state index contributed by atoms with van der Waals surface area (Å²) in [7, 11) is 0. The van der Waals surface area contributed by atoms with Crippen molar-refractivity contribution in [2.24, 2.45) is 0 Å². The molecule has 0 saturated heterocycles. The second-order valence-corrected chi connectivity index (χ2v) is 4.83. The molecule has 2 N–H and O–H groups in total. The molecule has 5 nitrogen and oxygen atoms in total. The topological polar surface area (TPSA) is 71.5 Å². The SMILES string of the molecule is CCOC(=O)CC(O)CNC(CC)c1nccs1. The number of thiazole rings is 1. The Bertz CT molecular complexity index is 343. The molecule has 0 spiro atoms. The number of nitrogens with zero attached hydrogens (tertiary/aromatic N) is 1. The van der Waals surface area contributed by atoms with Crippen LogP contribution in [0.2, 0.25) is 0 Å². The van der Waals surface area contributed by atoms with Crippen molar-refractivity contribution in [3.8, 4) is 0 Å². The lowest BCUT2D eigenvalue weighted by Gasteiger charge is -2.17. The lowest BCUT2D eigenvalue weighted by atomic mass is 10.2. The van der Waals surface area contributed by atoms with Gasteiger partial charge in [0.25, 0.3) is 0 Å². The zero-order valence-corrected chi connectivity index (χ0v) is 11.6. The number of aromatic nitrogens is 1. The third-order valence-corrected chi connectivity index (χ3v) is 3.35. The van der Waals surface area contributed by atoms with Crippen LogP contribution in [-0.4, -0.2) is 35.3 Å². The Labute approximate surface area is 111 Å². The van der Waals surface area contributed by atoms with E-state index in [1.54, 1.807) is 24.5 Å². The van der Waals surface area contributed by atoms with Gasteiger partial charge in [0, 0.05) is 18.1 Å². The van der Waals surface area contributed by atoms with Gasteiger partial charge in [0.2, 0.25) is 0 Å². The van der Waals surface area contributed by atoms with Gasteiger partial charge >= 0.3 is 5.97 Å². The zero-order valence-electron chi connectivity index (χ0n) is 10.8. The van der Waals surface area contributed by atoms with Crippen LogP contribution >= 0.6 is 11.3 Å². The van der Waals surface area contributed by atoms with Crippen LogP contribution in [0.1, 0.15) is 37.7 Å². The molecule has 0 saturated carbocycles. The van der Waals surface area contributed by atoms with Crippen molar-refractivity contribution in [1.82, 2.24) is 10.3 Å². The van der Waals surface area contributed by atoms with Gasteiger partial charge in [0.05, 0.1) is 25.2 Å². The Kier molecular flexibility index (Phi) is 6.85. The van der Waals surface area contributed by atoms with Crippen molar-refractivity contribution in [1.29, 1.82) is 0 Å². The molecule has 0 amide bonds. The molecule has 18 heavy (non-hydrogen) atoms. The van der Waals surface area contributed by atoms with Gasteiger partial charge < -0.3 is 15.2 Å². The first-order chi connectivity index (χ1) is 8.67. The quantitative estimate of drug-likeness (QED) is 0.702. The lowest BCUT2D eigenvalue weighted by molar-refractivity contribution is -0.145. The number of carbonyl (C=O) groups excluding carboxylic acids is 1. The molecule has 0 radical (unpaired) electrons. The molecular weight excluding hydrogens is 252 g/mol. The van der Waals surface area contributed by atoms with Gasteiger partial charge in [-0.1, -0.05) is 6.92 Å². The highest BCUT2D eigenvalue weighted by atomic mass is 32.1. The van der Waals surface area contributed by atoms with E-state index in [0.29, 0.717) is 13.2 Å². The van der Waals surface area contributed by atoms with Gasteiger partial charge in [0.15, 0.2) is 0 Å². The van der Waals surface area contributed by atoms with Crippen LogP contribution in [0, 0.1) is 0 Å².